The minimum atomic E-state index is 0.953. The second-order valence-electron chi connectivity index (χ2n) is 4.21. The predicted molar refractivity (Wildman–Crippen MR) is 67.0 cm³/mol. The predicted octanol–water partition coefficient (Wildman–Crippen LogP) is 2.21. The van der Waals surface area contributed by atoms with E-state index in [9.17, 15) is 0 Å². The van der Waals surface area contributed by atoms with Gasteiger partial charge in [0.05, 0.1) is 12.6 Å². The first kappa shape index (κ1) is 11.0. The van der Waals surface area contributed by atoms with Crippen molar-refractivity contribution in [3.8, 4) is 5.75 Å². The minimum Gasteiger partial charge on any atom is -0.495 e. The van der Waals surface area contributed by atoms with Crippen molar-refractivity contribution in [1.82, 2.24) is 9.47 Å². The van der Waals surface area contributed by atoms with Crippen LogP contribution in [0.4, 0.5) is 0 Å². The van der Waals surface area contributed by atoms with Gasteiger partial charge in [-0.05, 0) is 26.2 Å². The average Bonchev–Trinajstić information content (AvgIpc) is 2.65. The molecule has 0 atom stereocenters. The van der Waals surface area contributed by atoms with Gasteiger partial charge in [0.1, 0.15) is 5.75 Å². The van der Waals surface area contributed by atoms with Gasteiger partial charge in [-0.1, -0.05) is 12.1 Å². The fraction of sp³-hybridized carbons (Fsp3) is 0.385. The van der Waals surface area contributed by atoms with Crippen LogP contribution in [0.15, 0.2) is 30.5 Å². The topological polar surface area (TPSA) is 17.4 Å². The molecule has 3 heteroatoms. The van der Waals surface area contributed by atoms with Crippen molar-refractivity contribution >= 4 is 10.9 Å². The van der Waals surface area contributed by atoms with Crippen LogP contribution in [0.3, 0.4) is 0 Å². The van der Waals surface area contributed by atoms with Gasteiger partial charge < -0.3 is 14.2 Å². The zero-order valence-corrected chi connectivity index (χ0v) is 10.1. The molecule has 86 valence electrons. The fourth-order valence-electron chi connectivity index (χ4n) is 1.87. The van der Waals surface area contributed by atoms with Crippen molar-refractivity contribution in [3.63, 3.8) is 0 Å². The Bertz CT molecular complexity index is 474. The first-order chi connectivity index (χ1) is 7.72. The molecule has 0 aliphatic rings. The summed E-state index contributed by atoms with van der Waals surface area (Å²) in [6, 6.07) is 8.34. The molecular weight excluding hydrogens is 200 g/mol. The molecule has 1 aromatic heterocycles. The minimum absolute atomic E-state index is 0.953. The number of methoxy groups -OCH3 is 1. The van der Waals surface area contributed by atoms with Crippen LogP contribution < -0.4 is 4.74 Å². The monoisotopic (exact) mass is 218 g/mol. The van der Waals surface area contributed by atoms with Crippen LogP contribution >= 0.6 is 0 Å². The summed E-state index contributed by atoms with van der Waals surface area (Å²) >= 11 is 0. The molecule has 1 aromatic carbocycles. The Labute approximate surface area is 96.2 Å². The van der Waals surface area contributed by atoms with Gasteiger partial charge in [-0.2, -0.15) is 0 Å². The van der Waals surface area contributed by atoms with E-state index in [0.29, 0.717) is 0 Å². The molecule has 1 heterocycles. The number of benzene rings is 1. The van der Waals surface area contributed by atoms with E-state index in [0.717, 1.165) is 18.8 Å². The van der Waals surface area contributed by atoms with Gasteiger partial charge in [0.2, 0.25) is 0 Å². The zero-order valence-electron chi connectivity index (χ0n) is 10.1. The maximum atomic E-state index is 5.38. The maximum absolute atomic E-state index is 5.38. The van der Waals surface area contributed by atoms with Crippen molar-refractivity contribution in [2.45, 2.75) is 6.54 Å². The molecule has 0 unspecified atom stereocenters. The number of para-hydroxylation sites is 1. The highest BCUT2D eigenvalue weighted by Gasteiger charge is 2.07. The van der Waals surface area contributed by atoms with E-state index in [4.69, 9.17) is 4.74 Å². The molecule has 0 spiro atoms. The molecule has 0 saturated carbocycles. The van der Waals surface area contributed by atoms with Crippen LogP contribution in [-0.2, 0) is 6.54 Å². The van der Waals surface area contributed by atoms with Crippen molar-refractivity contribution in [2.24, 2.45) is 0 Å². The molecule has 3 nitrogen and oxygen atoms in total. The normalized spacial score (nSPS) is 11.2. The third-order valence-electron chi connectivity index (χ3n) is 2.76. The van der Waals surface area contributed by atoms with Gasteiger partial charge in [0, 0.05) is 24.7 Å². The number of hydrogen-bond donors (Lipinski definition) is 0. The summed E-state index contributed by atoms with van der Waals surface area (Å²) in [6.07, 6.45) is 2.08. The number of hydrogen-bond acceptors (Lipinski definition) is 2. The van der Waals surface area contributed by atoms with E-state index in [1.165, 1.54) is 10.9 Å². The lowest BCUT2D eigenvalue weighted by atomic mass is 10.2. The first-order valence-electron chi connectivity index (χ1n) is 5.49. The van der Waals surface area contributed by atoms with Crippen LogP contribution in [0.1, 0.15) is 0 Å². The molecule has 16 heavy (non-hydrogen) atoms. The van der Waals surface area contributed by atoms with Gasteiger partial charge in [-0.25, -0.2) is 0 Å². The molecule has 0 amide bonds. The maximum Gasteiger partial charge on any atom is 0.144 e. The molecule has 0 radical (unpaired) electrons. The number of nitrogens with zero attached hydrogens (tertiary/aromatic N) is 2. The molecule has 0 fully saturated rings. The summed E-state index contributed by atoms with van der Waals surface area (Å²) in [5.41, 5.74) is 1.24. The fourth-order valence-corrected chi connectivity index (χ4v) is 1.87. The second kappa shape index (κ2) is 4.58. The summed E-state index contributed by atoms with van der Waals surface area (Å²) in [6.45, 7) is 2.01. The summed E-state index contributed by atoms with van der Waals surface area (Å²) in [7, 11) is 5.89. The van der Waals surface area contributed by atoms with Crippen LogP contribution in [-0.4, -0.2) is 37.2 Å². The van der Waals surface area contributed by atoms with Crippen LogP contribution in [0, 0.1) is 0 Å². The Kier molecular flexibility index (Phi) is 3.15. The summed E-state index contributed by atoms with van der Waals surface area (Å²) < 4.78 is 7.62. The number of fused-ring (bicyclic) bond motifs is 1. The molecule has 2 aromatic rings. The second-order valence-corrected chi connectivity index (χ2v) is 4.21. The van der Waals surface area contributed by atoms with Gasteiger partial charge in [0.15, 0.2) is 0 Å². The van der Waals surface area contributed by atoms with Crippen molar-refractivity contribution < 1.29 is 4.74 Å². The van der Waals surface area contributed by atoms with Gasteiger partial charge in [-0.3, -0.25) is 0 Å². The molecule has 0 aliphatic carbocycles. The number of rotatable bonds is 4. The molecule has 0 bridgehead atoms. The van der Waals surface area contributed by atoms with E-state index >= 15 is 0 Å². The van der Waals surface area contributed by atoms with Crippen LogP contribution in [0.2, 0.25) is 0 Å². The number of aromatic nitrogens is 1. The standard InChI is InChI=1S/C13H18N2O/c1-14(2)8-9-15-10-13(16-3)11-6-4-5-7-12(11)15/h4-7,10H,8-9H2,1-3H3. The molecule has 0 saturated heterocycles. The van der Waals surface area contributed by atoms with E-state index in [1.807, 2.05) is 6.07 Å². The number of ether oxygens (including phenoxy) is 1. The lowest BCUT2D eigenvalue weighted by Gasteiger charge is -2.10. The first-order valence-corrected chi connectivity index (χ1v) is 5.49. The highest BCUT2D eigenvalue weighted by Crippen LogP contribution is 2.27. The summed E-state index contributed by atoms with van der Waals surface area (Å²) in [5, 5.41) is 1.18. The highest BCUT2D eigenvalue weighted by atomic mass is 16.5. The quantitative estimate of drug-likeness (QED) is 0.783. The Morgan fingerprint density at radius 1 is 1.25 bits per heavy atom. The molecule has 0 aliphatic heterocycles. The van der Waals surface area contributed by atoms with Crippen LogP contribution in [0.25, 0.3) is 10.9 Å². The van der Waals surface area contributed by atoms with E-state index in [2.05, 4.69) is 48.0 Å². The van der Waals surface area contributed by atoms with E-state index in [1.54, 1.807) is 7.11 Å². The summed E-state index contributed by atoms with van der Waals surface area (Å²) in [5.74, 6) is 0.953. The Balaban J connectivity index is 2.37. The third kappa shape index (κ3) is 2.04. The van der Waals surface area contributed by atoms with Crippen molar-refractivity contribution in [1.29, 1.82) is 0 Å². The smallest absolute Gasteiger partial charge is 0.144 e. The van der Waals surface area contributed by atoms with E-state index in [-0.39, 0.29) is 0 Å². The van der Waals surface area contributed by atoms with E-state index < -0.39 is 0 Å². The Hall–Kier alpha value is -1.48. The molecular formula is C13H18N2O. The van der Waals surface area contributed by atoms with Crippen molar-refractivity contribution in [2.75, 3.05) is 27.7 Å². The van der Waals surface area contributed by atoms with Gasteiger partial charge in [0.25, 0.3) is 0 Å². The Morgan fingerprint density at radius 2 is 2.00 bits per heavy atom. The van der Waals surface area contributed by atoms with Crippen molar-refractivity contribution in [3.05, 3.63) is 30.5 Å². The Morgan fingerprint density at radius 3 is 2.69 bits per heavy atom. The summed E-state index contributed by atoms with van der Waals surface area (Å²) in [4.78, 5) is 2.18. The molecule has 0 N–H and O–H groups in total. The van der Waals surface area contributed by atoms with Gasteiger partial charge >= 0.3 is 0 Å². The average molecular weight is 218 g/mol. The third-order valence-corrected chi connectivity index (χ3v) is 2.76. The SMILES string of the molecule is COc1cn(CCN(C)C)c2ccccc12. The lowest BCUT2D eigenvalue weighted by Crippen LogP contribution is -2.17. The number of likely N-dealkylation sites (N-methyl/N-ethyl adjacent to an activating group) is 1. The lowest BCUT2D eigenvalue weighted by molar-refractivity contribution is 0.383. The molecule has 2 rings (SSSR count). The van der Waals surface area contributed by atoms with Crippen LogP contribution in [0.5, 0.6) is 5.75 Å². The van der Waals surface area contributed by atoms with Gasteiger partial charge in [-0.15, -0.1) is 0 Å². The largest absolute Gasteiger partial charge is 0.495 e. The highest BCUT2D eigenvalue weighted by molar-refractivity contribution is 5.86. The zero-order chi connectivity index (χ0) is 11.5.